The third kappa shape index (κ3) is 8.11. The Bertz CT molecular complexity index is 759. The van der Waals surface area contributed by atoms with Crippen LogP contribution in [0.5, 0.6) is 0 Å². The summed E-state index contributed by atoms with van der Waals surface area (Å²) in [6, 6.07) is 1.93. The second-order valence-corrected chi connectivity index (χ2v) is 7.17. The summed E-state index contributed by atoms with van der Waals surface area (Å²) in [5.74, 6) is 1.62. The van der Waals surface area contributed by atoms with E-state index in [-0.39, 0.29) is 24.0 Å². The number of alkyl halides is 3. The van der Waals surface area contributed by atoms with Gasteiger partial charge in [0.05, 0.1) is 10.7 Å². The van der Waals surface area contributed by atoms with Crippen molar-refractivity contribution in [1.82, 2.24) is 20.8 Å². The Morgan fingerprint density at radius 1 is 1.24 bits per heavy atom. The Balaban J connectivity index is 0.00000420. The molecule has 0 atom stereocenters. The molecule has 29 heavy (non-hydrogen) atoms. The first kappa shape index (κ1) is 25.7. The van der Waals surface area contributed by atoms with E-state index in [1.165, 1.54) is 0 Å². The van der Waals surface area contributed by atoms with E-state index < -0.39 is 11.9 Å². The standard InChI is InChI=1S/C18H26F3N5OS.HI/c1-4-12(5-2)14-9-13(27-26-14)10-24-17(22-6-3)23-8-7-16-25-15(11-28-16)18(19,20)21;/h9,11-12H,4-8,10H2,1-3H3,(H2,22,23,24);1H. The van der Waals surface area contributed by atoms with E-state index in [0.29, 0.717) is 48.7 Å². The Labute approximate surface area is 189 Å². The summed E-state index contributed by atoms with van der Waals surface area (Å²) in [6.45, 7) is 7.59. The number of hydrogen-bond donors (Lipinski definition) is 2. The summed E-state index contributed by atoms with van der Waals surface area (Å²) in [6.07, 6.45) is -2.01. The van der Waals surface area contributed by atoms with Crippen LogP contribution in [0, 0.1) is 0 Å². The molecule has 0 saturated heterocycles. The number of aromatic nitrogens is 2. The summed E-state index contributed by atoms with van der Waals surface area (Å²) < 4.78 is 43.1. The van der Waals surface area contributed by atoms with E-state index in [9.17, 15) is 13.2 Å². The first-order chi connectivity index (χ1) is 13.4. The molecular formula is C18H27F3IN5OS. The van der Waals surface area contributed by atoms with E-state index in [2.05, 4.69) is 39.6 Å². The summed E-state index contributed by atoms with van der Waals surface area (Å²) in [7, 11) is 0. The maximum atomic E-state index is 12.6. The van der Waals surface area contributed by atoms with E-state index in [1.807, 2.05) is 13.0 Å². The van der Waals surface area contributed by atoms with E-state index in [4.69, 9.17) is 4.52 Å². The van der Waals surface area contributed by atoms with Gasteiger partial charge in [-0.25, -0.2) is 9.98 Å². The summed E-state index contributed by atoms with van der Waals surface area (Å²) in [4.78, 5) is 8.07. The van der Waals surface area contributed by atoms with Gasteiger partial charge in [0.15, 0.2) is 17.4 Å². The maximum Gasteiger partial charge on any atom is 0.434 e. The quantitative estimate of drug-likeness (QED) is 0.265. The van der Waals surface area contributed by atoms with Gasteiger partial charge in [0.2, 0.25) is 0 Å². The third-order valence-electron chi connectivity index (χ3n) is 4.19. The molecule has 0 radical (unpaired) electrons. The van der Waals surface area contributed by atoms with Gasteiger partial charge < -0.3 is 15.2 Å². The van der Waals surface area contributed by atoms with Gasteiger partial charge in [-0.15, -0.1) is 35.3 Å². The van der Waals surface area contributed by atoms with Crippen LogP contribution in [0.15, 0.2) is 21.0 Å². The van der Waals surface area contributed by atoms with Gasteiger partial charge in [-0.2, -0.15) is 13.2 Å². The summed E-state index contributed by atoms with van der Waals surface area (Å²) in [5.41, 5.74) is 0.101. The second-order valence-electron chi connectivity index (χ2n) is 6.23. The van der Waals surface area contributed by atoms with Crippen LogP contribution in [-0.4, -0.2) is 29.2 Å². The molecule has 2 N–H and O–H groups in total. The lowest BCUT2D eigenvalue weighted by Crippen LogP contribution is -2.38. The van der Waals surface area contributed by atoms with E-state index >= 15 is 0 Å². The number of thiazole rings is 1. The van der Waals surface area contributed by atoms with Crippen LogP contribution in [0.2, 0.25) is 0 Å². The van der Waals surface area contributed by atoms with Crippen molar-refractivity contribution in [2.75, 3.05) is 13.1 Å². The summed E-state index contributed by atoms with van der Waals surface area (Å²) >= 11 is 1.01. The lowest BCUT2D eigenvalue weighted by atomic mass is 9.99. The molecule has 0 saturated carbocycles. The molecule has 11 heteroatoms. The van der Waals surface area contributed by atoms with Crippen LogP contribution >= 0.6 is 35.3 Å². The van der Waals surface area contributed by atoms with Crippen LogP contribution in [-0.2, 0) is 19.1 Å². The first-order valence-electron chi connectivity index (χ1n) is 9.36. The van der Waals surface area contributed by atoms with Crippen LogP contribution in [0.4, 0.5) is 13.2 Å². The molecule has 0 aliphatic carbocycles. The Morgan fingerprint density at radius 2 is 1.97 bits per heavy atom. The number of aliphatic imine (C=N–C) groups is 1. The molecule has 164 valence electrons. The van der Waals surface area contributed by atoms with Crippen molar-refractivity contribution in [2.24, 2.45) is 4.99 Å². The molecule has 0 unspecified atom stereocenters. The smallest absolute Gasteiger partial charge is 0.359 e. The van der Waals surface area contributed by atoms with Gasteiger partial charge >= 0.3 is 6.18 Å². The van der Waals surface area contributed by atoms with Gasteiger partial charge in [-0.1, -0.05) is 19.0 Å². The number of guanidine groups is 1. The largest absolute Gasteiger partial charge is 0.434 e. The van der Waals surface area contributed by atoms with Crippen molar-refractivity contribution in [3.05, 3.63) is 33.6 Å². The average Bonchev–Trinajstić information content (AvgIpc) is 3.30. The Kier molecular flexibility index (Phi) is 10.9. The highest BCUT2D eigenvalue weighted by Gasteiger charge is 2.33. The van der Waals surface area contributed by atoms with Gasteiger partial charge in [-0.3, -0.25) is 0 Å². The number of halogens is 4. The highest BCUT2D eigenvalue weighted by Crippen LogP contribution is 2.30. The van der Waals surface area contributed by atoms with E-state index in [0.717, 1.165) is 35.3 Å². The molecule has 2 aromatic heterocycles. The SMILES string of the molecule is CCNC(=NCc1cc(C(CC)CC)no1)NCCc1nc(C(F)(F)F)cs1.I. The predicted molar refractivity (Wildman–Crippen MR) is 119 cm³/mol. The fraction of sp³-hybridized carbons (Fsp3) is 0.611. The van der Waals surface area contributed by atoms with Crippen LogP contribution in [0.1, 0.15) is 61.7 Å². The fourth-order valence-electron chi connectivity index (χ4n) is 2.65. The van der Waals surface area contributed by atoms with Crippen molar-refractivity contribution >= 4 is 41.3 Å². The fourth-order valence-corrected chi connectivity index (χ4v) is 3.45. The molecular weight excluding hydrogens is 518 g/mol. The molecule has 0 spiro atoms. The monoisotopic (exact) mass is 545 g/mol. The zero-order valence-corrected chi connectivity index (χ0v) is 19.8. The number of hydrogen-bond acceptors (Lipinski definition) is 5. The normalized spacial score (nSPS) is 12.2. The maximum absolute atomic E-state index is 12.6. The van der Waals surface area contributed by atoms with Crippen LogP contribution in [0.3, 0.4) is 0 Å². The minimum Gasteiger partial charge on any atom is -0.359 e. The van der Waals surface area contributed by atoms with E-state index in [1.54, 1.807) is 0 Å². The molecule has 2 rings (SSSR count). The average molecular weight is 545 g/mol. The number of nitrogens with zero attached hydrogens (tertiary/aromatic N) is 3. The zero-order valence-electron chi connectivity index (χ0n) is 16.7. The van der Waals surface area contributed by atoms with Gasteiger partial charge in [0, 0.05) is 36.9 Å². The van der Waals surface area contributed by atoms with Crippen molar-refractivity contribution in [2.45, 2.75) is 58.7 Å². The highest BCUT2D eigenvalue weighted by molar-refractivity contribution is 14.0. The molecule has 2 heterocycles. The molecule has 0 aliphatic rings. The first-order valence-corrected chi connectivity index (χ1v) is 10.2. The minimum atomic E-state index is -4.40. The molecule has 0 amide bonds. The number of rotatable bonds is 9. The van der Waals surface area contributed by atoms with Crippen LogP contribution in [0.25, 0.3) is 0 Å². The predicted octanol–water partition coefficient (Wildman–Crippen LogP) is 4.97. The van der Waals surface area contributed by atoms with Crippen molar-refractivity contribution in [3.63, 3.8) is 0 Å². The highest BCUT2D eigenvalue weighted by atomic mass is 127. The second kappa shape index (κ2) is 12.4. The van der Waals surface area contributed by atoms with Crippen LogP contribution < -0.4 is 10.6 Å². The van der Waals surface area contributed by atoms with Gasteiger partial charge in [-0.05, 0) is 19.8 Å². The molecule has 0 fully saturated rings. The molecule has 0 aliphatic heterocycles. The number of nitrogens with one attached hydrogen (secondary N) is 2. The van der Waals surface area contributed by atoms with Gasteiger partial charge in [0.1, 0.15) is 6.54 Å². The molecule has 2 aromatic rings. The van der Waals surface area contributed by atoms with Crippen molar-refractivity contribution in [1.29, 1.82) is 0 Å². The molecule has 0 bridgehead atoms. The zero-order chi connectivity index (χ0) is 20.6. The van der Waals surface area contributed by atoms with Crippen molar-refractivity contribution < 1.29 is 17.7 Å². The summed E-state index contributed by atoms with van der Waals surface area (Å²) in [5, 5.41) is 11.8. The lowest BCUT2D eigenvalue weighted by molar-refractivity contribution is -0.140. The van der Waals surface area contributed by atoms with Gasteiger partial charge in [0.25, 0.3) is 0 Å². The Morgan fingerprint density at radius 3 is 2.55 bits per heavy atom. The molecule has 6 nitrogen and oxygen atoms in total. The topological polar surface area (TPSA) is 75.3 Å². The third-order valence-corrected chi connectivity index (χ3v) is 5.10. The minimum absolute atomic E-state index is 0. The Hall–Kier alpha value is -1.37. The molecule has 0 aromatic carbocycles. The lowest BCUT2D eigenvalue weighted by Gasteiger charge is -2.10. The van der Waals surface area contributed by atoms with Crippen molar-refractivity contribution in [3.8, 4) is 0 Å².